The molecule has 2 aromatic carbocycles. The normalized spacial score (nSPS) is 11.2. The number of rotatable bonds is 3. The van der Waals surface area contributed by atoms with E-state index in [1.54, 1.807) is 17.8 Å². The van der Waals surface area contributed by atoms with E-state index in [1.807, 2.05) is 74.5 Å². The van der Waals surface area contributed by atoms with Crippen LogP contribution in [0.15, 0.2) is 71.7 Å². The Morgan fingerprint density at radius 2 is 1.78 bits per heavy atom. The lowest BCUT2D eigenvalue weighted by Gasteiger charge is -2.13. The molecule has 0 fully saturated rings. The van der Waals surface area contributed by atoms with Crippen molar-refractivity contribution in [3.8, 4) is 11.1 Å². The first-order valence-electron chi connectivity index (χ1n) is 10.4. The van der Waals surface area contributed by atoms with Gasteiger partial charge in [-0.2, -0.15) is 0 Å². The highest BCUT2D eigenvalue weighted by molar-refractivity contribution is 6.06. The monoisotopic (exact) mass is 422 g/mol. The predicted octanol–water partition coefficient (Wildman–Crippen LogP) is 4.95. The second-order valence-electron chi connectivity index (χ2n) is 8.06. The molecule has 0 aliphatic carbocycles. The van der Waals surface area contributed by atoms with E-state index in [9.17, 15) is 9.59 Å². The van der Waals surface area contributed by atoms with Gasteiger partial charge >= 0.3 is 0 Å². The van der Waals surface area contributed by atoms with E-state index in [2.05, 4.69) is 15.3 Å². The largest absolute Gasteiger partial charge is 0.351 e. The van der Waals surface area contributed by atoms with E-state index in [-0.39, 0.29) is 11.5 Å². The quantitative estimate of drug-likeness (QED) is 0.432. The molecular formula is C26H22N4O2. The number of anilines is 1. The number of pyridine rings is 2. The number of H-pyrrole nitrogens is 1. The zero-order chi connectivity index (χ0) is 22.4. The molecule has 0 aliphatic rings. The average Bonchev–Trinajstić information content (AvgIpc) is 3.23. The van der Waals surface area contributed by atoms with Gasteiger partial charge in [-0.15, -0.1) is 0 Å². The minimum Gasteiger partial charge on any atom is -0.351 e. The second kappa shape index (κ2) is 7.50. The van der Waals surface area contributed by atoms with Crippen LogP contribution in [0.25, 0.3) is 32.9 Å². The lowest BCUT2D eigenvalue weighted by Crippen LogP contribution is -2.19. The Morgan fingerprint density at radius 3 is 2.59 bits per heavy atom. The number of nitrogens with zero attached hydrogens (tertiary/aromatic N) is 2. The standard InChI is InChI=1S/C26H22N4O2/c1-15-8-9-19(28-25(31)23-12-17-6-4-5-7-22(17)29-23)13-20(15)21-11-18-14-27-16(2)10-24(18)30(3)26(21)32/h4-14,29H,1-3H3,(H,28,31). The number of hydrogen-bond acceptors (Lipinski definition) is 3. The van der Waals surface area contributed by atoms with Crippen molar-refractivity contribution in [2.75, 3.05) is 5.32 Å². The summed E-state index contributed by atoms with van der Waals surface area (Å²) >= 11 is 0. The number of fused-ring (bicyclic) bond motifs is 2. The van der Waals surface area contributed by atoms with Crippen LogP contribution < -0.4 is 10.9 Å². The first-order valence-corrected chi connectivity index (χ1v) is 10.4. The Labute approximate surface area is 184 Å². The van der Waals surface area contributed by atoms with Crippen LogP contribution in [0.4, 0.5) is 5.69 Å². The third kappa shape index (κ3) is 3.36. The molecule has 0 unspecified atom stereocenters. The highest BCUT2D eigenvalue weighted by atomic mass is 16.2. The summed E-state index contributed by atoms with van der Waals surface area (Å²) in [5, 5.41) is 4.81. The fraction of sp³-hybridized carbons (Fsp3) is 0.115. The molecule has 32 heavy (non-hydrogen) atoms. The maximum Gasteiger partial charge on any atom is 0.272 e. The molecule has 0 saturated carbocycles. The summed E-state index contributed by atoms with van der Waals surface area (Å²) in [6.07, 6.45) is 1.78. The van der Waals surface area contributed by atoms with Gasteiger partial charge in [0.2, 0.25) is 0 Å². The molecule has 6 heteroatoms. The molecule has 5 aromatic rings. The van der Waals surface area contributed by atoms with E-state index in [0.717, 1.165) is 38.6 Å². The summed E-state index contributed by atoms with van der Waals surface area (Å²) in [5.41, 5.74) is 5.92. The Hall–Kier alpha value is -4.19. The van der Waals surface area contributed by atoms with Gasteiger partial charge in [0.1, 0.15) is 5.69 Å². The molecule has 0 bridgehead atoms. The zero-order valence-electron chi connectivity index (χ0n) is 18.1. The van der Waals surface area contributed by atoms with Crippen molar-refractivity contribution < 1.29 is 4.79 Å². The molecule has 158 valence electrons. The van der Waals surface area contributed by atoms with E-state index < -0.39 is 0 Å². The Kier molecular flexibility index (Phi) is 4.63. The van der Waals surface area contributed by atoms with Gasteiger partial charge in [0.15, 0.2) is 0 Å². The lowest BCUT2D eigenvalue weighted by molar-refractivity contribution is 0.102. The number of hydrogen-bond donors (Lipinski definition) is 2. The molecule has 0 spiro atoms. The van der Waals surface area contributed by atoms with Crippen LogP contribution in [0, 0.1) is 13.8 Å². The lowest BCUT2D eigenvalue weighted by atomic mass is 9.99. The second-order valence-corrected chi connectivity index (χ2v) is 8.06. The van der Waals surface area contributed by atoms with Gasteiger partial charge in [-0.1, -0.05) is 24.3 Å². The molecular weight excluding hydrogens is 400 g/mol. The van der Waals surface area contributed by atoms with Crippen molar-refractivity contribution in [2.45, 2.75) is 13.8 Å². The predicted molar refractivity (Wildman–Crippen MR) is 128 cm³/mol. The fourth-order valence-electron chi connectivity index (χ4n) is 4.04. The number of nitrogens with one attached hydrogen (secondary N) is 2. The Bertz CT molecular complexity index is 1540. The van der Waals surface area contributed by atoms with Crippen LogP contribution in [0.3, 0.4) is 0 Å². The van der Waals surface area contributed by atoms with Crippen LogP contribution in [-0.2, 0) is 7.05 Å². The third-order valence-electron chi connectivity index (χ3n) is 5.81. The van der Waals surface area contributed by atoms with Crippen LogP contribution in [0.1, 0.15) is 21.7 Å². The van der Waals surface area contributed by atoms with Crippen LogP contribution >= 0.6 is 0 Å². The fourth-order valence-corrected chi connectivity index (χ4v) is 4.04. The number of amides is 1. The van der Waals surface area contributed by atoms with Gasteiger partial charge in [-0.25, -0.2) is 0 Å². The van der Waals surface area contributed by atoms with Gasteiger partial charge < -0.3 is 14.9 Å². The highest BCUT2D eigenvalue weighted by Crippen LogP contribution is 2.27. The molecule has 3 heterocycles. The number of aromatic amines is 1. The summed E-state index contributed by atoms with van der Waals surface area (Å²) < 4.78 is 1.65. The van der Waals surface area contributed by atoms with E-state index >= 15 is 0 Å². The summed E-state index contributed by atoms with van der Waals surface area (Å²) in [5.74, 6) is -0.234. The van der Waals surface area contributed by atoms with Gasteiger partial charge in [0.05, 0.1) is 5.52 Å². The zero-order valence-corrected chi connectivity index (χ0v) is 18.1. The molecule has 3 aromatic heterocycles. The average molecular weight is 422 g/mol. The van der Waals surface area contributed by atoms with Gasteiger partial charge in [-0.3, -0.25) is 14.6 Å². The summed E-state index contributed by atoms with van der Waals surface area (Å²) in [7, 11) is 1.77. The molecule has 2 N–H and O–H groups in total. The number of para-hydroxylation sites is 1. The Morgan fingerprint density at radius 1 is 0.969 bits per heavy atom. The van der Waals surface area contributed by atoms with Gasteiger partial charge in [-0.05, 0) is 61.4 Å². The van der Waals surface area contributed by atoms with E-state index in [1.165, 1.54) is 0 Å². The van der Waals surface area contributed by atoms with Crippen molar-refractivity contribution in [1.82, 2.24) is 14.5 Å². The first-order chi connectivity index (χ1) is 15.4. The van der Waals surface area contributed by atoms with E-state index in [0.29, 0.717) is 16.9 Å². The third-order valence-corrected chi connectivity index (χ3v) is 5.81. The SMILES string of the molecule is Cc1cc2c(cn1)cc(-c1cc(NC(=O)c3cc4ccccc4[nH]3)ccc1C)c(=O)n2C. The van der Waals surface area contributed by atoms with E-state index in [4.69, 9.17) is 0 Å². The number of carbonyl (C=O) groups excluding carboxylic acids is 1. The van der Waals surface area contributed by atoms with Crippen molar-refractivity contribution >= 4 is 33.4 Å². The van der Waals surface area contributed by atoms with Crippen LogP contribution in [0.2, 0.25) is 0 Å². The van der Waals surface area contributed by atoms with Gasteiger partial charge in [0.25, 0.3) is 11.5 Å². The maximum atomic E-state index is 13.2. The van der Waals surface area contributed by atoms with Crippen molar-refractivity contribution in [3.05, 3.63) is 94.2 Å². The molecule has 0 aliphatic heterocycles. The van der Waals surface area contributed by atoms with Gasteiger partial charge in [0, 0.05) is 46.5 Å². The first kappa shape index (κ1) is 19.8. The van der Waals surface area contributed by atoms with Crippen molar-refractivity contribution in [3.63, 3.8) is 0 Å². The topological polar surface area (TPSA) is 79.8 Å². The van der Waals surface area contributed by atoms with Crippen molar-refractivity contribution in [2.24, 2.45) is 7.05 Å². The maximum absolute atomic E-state index is 13.2. The summed E-state index contributed by atoms with van der Waals surface area (Å²) in [6.45, 7) is 3.86. The molecule has 0 saturated heterocycles. The minimum absolute atomic E-state index is 0.0923. The smallest absolute Gasteiger partial charge is 0.272 e. The number of aromatic nitrogens is 3. The minimum atomic E-state index is -0.234. The van der Waals surface area contributed by atoms with Crippen LogP contribution in [0.5, 0.6) is 0 Å². The number of aryl methyl sites for hydroxylation is 3. The molecule has 0 atom stereocenters. The summed E-state index contributed by atoms with van der Waals surface area (Å²) in [4.78, 5) is 33.5. The summed E-state index contributed by atoms with van der Waals surface area (Å²) in [6, 6.07) is 19.0. The molecule has 1 amide bonds. The molecule has 5 rings (SSSR count). The highest BCUT2D eigenvalue weighted by Gasteiger charge is 2.14. The number of carbonyl (C=O) groups is 1. The molecule has 0 radical (unpaired) electrons. The van der Waals surface area contributed by atoms with Crippen molar-refractivity contribution in [1.29, 1.82) is 0 Å². The Balaban J connectivity index is 1.54. The molecule has 6 nitrogen and oxygen atoms in total. The van der Waals surface area contributed by atoms with Crippen LogP contribution in [-0.4, -0.2) is 20.4 Å². The number of benzene rings is 2.